The summed E-state index contributed by atoms with van der Waals surface area (Å²) in [6, 6.07) is 0. The number of hydrogen-bond acceptors (Lipinski definition) is 3. The van der Waals surface area contributed by atoms with Crippen LogP contribution < -0.4 is 0 Å². The summed E-state index contributed by atoms with van der Waals surface area (Å²) >= 11 is 0. The van der Waals surface area contributed by atoms with Crippen molar-refractivity contribution >= 4 is 0 Å². The molecule has 0 N–H and O–H groups in total. The number of piperidine rings is 1. The zero-order valence-corrected chi connectivity index (χ0v) is 18.7. The van der Waals surface area contributed by atoms with E-state index in [9.17, 15) is 0 Å². The van der Waals surface area contributed by atoms with Crippen LogP contribution in [0.25, 0.3) is 0 Å². The molecular formula is C24H45N3. The smallest absolute Gasteiger partial charge is 0.0182 e. The molecule has 2 aliphatic heterocycles. The zero-order valence-electron chi connectivity index (χ0n) is 18.7. The van der Waals surface area contributed by atoms with Gasteiger partial charge in [0.25, 0.3) is 0 Å². The van der Waals surface area contributed by atoms with Crippen molar-refractivity contribution in [2.45, 2.75) is 84.1 Å². The molecule has 0 atom stereocenters. The van der Waals surface area contributed by atoms with E-state index in [-0.39, 0.29) is 0 Å². The van der Waals surface area contributed by atoms with E-state index in [2.05, 4.69) is 42.5 Å². The standard InChI is InChI=1S/C24H45N3/c1-21(2)19-24(9-10-24)20-26-13-11-23(12-14-26)7-5-22(3,6-8-23)27-17-15-25(4)16-18-27/h21H,5-20H2,1-4H3. The van der Waals surface area contributed by atoms with E-state index < -0.39 is 0 Å². The van der Waals surface area contributed by atoms with Crippen LogP contribution in [0, 0.1) is 16.7 Å². The average molecular weight is 376 g/mol. The Hall–Kier alpha value is -0.120. The Balaban J connectivity index is 1.25. The molecule has 2 aliphatic carbocycles. The van der Waals surface area contributed by atoms with Crippen molar-refractivity contribution in [3.63, 3.8) is 0 Å². The van der Waals surface area contributed by atoms with Gasteiger partial charge < -0.3 is 9.80 Å². The molecule has 3 nitrogen and oxygen atoms in total. The molecule has 156 valence electrons. The van der Waals surface area contributed by atoms with Gasteiger partial charge in [0.1, 0.15) is 0 Å². The van der Waals surface area contributed by atoms with E-state index >= 15 is 0 Å². The highest BCUT2D eigenvalue weighted by molar-refractivity contribution is 5.01. The van der Waals surface area contributed by atoms with Crippen LogP contribution in [0.4, 0.5) is 0 Å². The molecule has 1 spiro atoms. The lowest BCUT2D eigenvalue weighted by Crippen LogP contribution is -2.57. The molecule has 0 radical (unpaired) electrons. The monoisotopic (exact) mass is 375 g/mol. The maximum absolute atomic E-state index is 2.84. The highest BCUT2D eigenvalue weighted by Gasteiger charge is 2.47. The first-order valence-corrected chi connectivity index (χ1v) is 12.0. The van der Waals surface area contributed by atoms with Gasteiger partial charge in [-0.15, -0.1) is 0 Å². The van der Waals surface area contributed by atoms with Crippen LogP contribution in [0.5, 0.6) is 0 Å². The summed E-state index contributed by atoms with van der Waals surface area (Å²) in [6.45, 7) is 16.6. The Kier molecular flexibility index (Phi) is 5.68. The lowest BCUT2D eigenvalue weighted by molar-refractivity contribution is -0.0280. The summed E-state index contributed by atoms with van der Waals surface area (Å²) in [5.41, 5.74) is 1.89. The third-order valence-electron chi connectivity index (χ3n) is 8.93. The Morgan fingerprint density at radius 3 is 1.85 bits per heavy atom. The van der Waals surface area contributed by atoms with Crippen LogP contribution in [0.3, 0.4) is 0 Å². The van der Waals surface area contributed by atoms with Crippen LogP contribution in [0.1, 0.15) is 78.6 Å². The molecule has 4 fully saturated rings. The lowest BCUT2D eigenvalue weighted by Gasteiger charge is -2.54. The number of likely N-dealkylation sites (tertiary alicyclic amines) is 1. The predicted molar refractivity (Wildman–Crippen MR) is 115 cm³/mol. The van der Waals surface area contributed by atoms with Gasteiger partial charge in [0, 0.05) is 38.3 Å². The van der Waals surface area contributed by atoms with E-state index in [0.29, 0.717) is 16.4 Å². The minimum absolute atomic E-state index is 0.485. The molecule has 2 heterocycles. The first kappa shape index (κ1) is 20.2. The topological polar surface area (TPSA) is 9.72 Å². The number of piperazine rings is 1. The number of hydrogen-bond donors (Lipinski definition) is 0. The number of likely N-dealkylation sites (N-methyl/N-ethyl adjacent to an activating group) is 1. The van der Waals surface area contributed by atoms with Crippen LogP contribution in [-0.2, 0) is 0 Å². The van der Waals surface area contributed by atoms with E-state index in [1.165, 1.54) is 104 Å². The molecule has 0 aromatic rings. The molecule has 0 amide bonds. The first-order chi connectivity index (χ1) is 12.8. The van der Waals surface area contributed by atoms with Crippen molar-refractivity contribution in [3.8, 4) is 0 Å². The maximum atomic E-state index is 2.84. The van der Waals surface area contributed by atoms with E-state index in [1.807, 2.05) is 0 Å². The van der Waals surface area contributed by atoms with Crippen molar-refractivity contribution in [2.75, 3.05) is 52.9 Å². The second-order valence-electron chi connectivity index (χ2n) is 11.7. The highest BCUT2D eigenvalue weighted by atomic mass is 15.3. The summed E-state index contributed by atoms with van der Waals surface area (Å²) in [7, 11) is 2.27. The van der Waals surface area contributed by atoms with Gasteiger partial charge in [-0.3, -0.25) is 4.90 Å². The molecule has 4 aliphatic rings. The quantitative estimate of drug-likeness (QED) is 0.702. The average Bonchev–Trinajstić information content (AvgIpc) is 3.39. The van der Waals surface area contributed by atoms with Gasteiger partial charge in [-0.05, 0) is 102 Å². The van der Waals surface area contributed by atoms with Gasteiger partial charge in [-0.25, -0.2) is 0 Å². The first-order valence-electron chi connectivity index (χ1n) is 12.0. The maximum Gasteiger partial charge on any atom is 0.0182 e. The molecule has 2 saturated carbocycles. The van der Waals surface area contributed by atoms with Crippen molar-refractivity contribution < 1.29 is 0 Å². The molecule has 0 unspecified atom stereocenters. The second kappa shape index (κ2) is 7.61. The molecule has 0 aromatic heterocycles. The summed E-state index contributed by atoms with van der Waals surface area (Å²) in [6.07, 6.45) is 13.3. The van der Waals surface area contributed by atoms with E-state index in [1.54, 1.807) is 0 Å². The summed E-state index contributed by atoms with van der Waals surface area (Å²) in [5, 5.41) is 0. The van der Waals surface area contributed by atoms with Gasteiger partial charge in [0.15, 0.2) is 0 Å². The molecule has 4 rings (SSSR count). The minimum atomic E-state index is 0.485. The third kappa shape index (κ3) is 4.56. The summed E-state index contributed by atoms with van der Waals surface area (Å²) in [5.74, 6) is 0.870. The van der Waals surface area contributed by atoms with Gasteiger partial charge in [-0.1, -0.05) is 13.8 Å². The molecular weight excluding hydrogens is 330 g/mol. The van der Waals surface area contributed by atoms with Crippen molar-refractivity contribution in [1.29, 1.82) is 0 Å². The number of rotatable bonds is 5. The fourth-order valence-corrected chi connectivity index (χ4v) is 6.61. The Morgan fingerprint density at radius 1 is 0.741 bits per heavy atom. The largest absolute Gasteiger partial charge is 0.304 e. The van der Waals surface area contributed by atoms with E-state index in [0.717, 1.165) is 5.92 Å². The van der Waals surface area contributed by atoms with Gasteiger partial charge in [-0.2, -0.15) is 0 Å². The zero-order chi connectivity index (χ0) is 19.1. The molecule has 2 saturated heterocycles. The predicted octanol–water partition coefficient (Wildman–Crippen LogP) is 4.48. The molecule has 3 heteroatoms. The third-order valence-corrected chi connectivity index (χ3v) is 8.93. The fraction of sp³-hybridized carbons (Fsp3) is 1.00. The minimum Gasteiger partial charge on any atom is -0.304 e. The van der Waals surface area contributed by atoms with Crippen LogP contribution in [-0.4, -0.2) is 73.1 Å². The Bertz CT molecular complexity index is 484. The van der Waals surface area contributed by atoms with Gasteiger partial charge >= 0.3 is 0 Å². The SMILES string of the molecule is CC(C)CC1(CN2CCC3(CC2)CCC(C)(N2CCN(C)CC2)CC3)CC1. The van der Waals surface area contributed by atoms with Crippen LogP contribution in [0.2, 0.25) is 0 Å². The Morgan fingerprint density at radius 2 is 1.33 bits per heavy atom. The van der Waals surface area contributed by atoms with Crippen molar-refractivity contribution in [2.24, 2.45) is 16.7 Å². The van der Waals surface area contributed by atoms with Crippen LogP contribution in [0.15, 0.2) is 0 Å². The fourth-order valence-electron chi connectivity index (χ4n) is 6.61. The molecule has 27 heavy (non-hydrogen) atoms. The van der Waals surface area contributed by atoms with E-state index in [4.69, 9.17) is 0 Å². The number of nitrogens with zero attached hydrogens (tertiary/aromatic N) is 3. The summed E-state index contributed by atoms with van der Waals surface area (Å²) < 4.78 is 0. The summed E-state index contributed by atoms with van der Waals surface area (Å²) in [4.78, 5) is 8.17. The normalized spacial score (nSPS) is 31.4. The molecule has 0 bridgehead atoms. The van der Waals surface area contributed by atoms with Crippen molar-refractivity contribution in [3.05, 3.63) is 0 Å². The van der Waals surface area contributed by atoms with Gasteiger partial charge in [0.2, 0.25) is 0 Å². The van der Waals surface area contributed by atoms with Gasteiger partial charge in [0.05, 0.1) is 0 Å². The second-order valence-corrected chi connectivity index (χ2v) is 11.7. The Labute approximate surface area is 168 Å². The van der Waals surface area contributed by atoms with Crippen LogP contribution >= 0.6 is 0 Å². The highest BCUT2D eigenvalue weighted by Crippen LogP contribution is 2.53. The van der Waals surface area contributed by atoms with Crippen molar-refractivity contribution in [1.82, 2.24) is 14.7 Å². The molecule has 0 aromatic carbocycles. The lowest BCUT2D eigenvalue weighted by atomic mass is 9.63.